The van der Waals surface area contributed by atoms with E-state index in [1.807, 2.05) is 31.2 Å². The lowest BCUT2D eigenvalue weighted by molar-refractivity contribution is 0.340. The van der Waals surface area contributed by atoms with Crippen LogP contribution >= 0.6 is 31.9 Å². The van der Waals surface area contributed by atoms with Crippen LogP contribution < -0.4 is 4.74 Å². The Hall–Kier alpha value is -0.870. The average Bonchev–Trinajstić information content (AvgIpc) is 2.42. The Kier molecular flexibility index (Phi) is 4.99. The molecule has 0 aromatic heterocycles. The van der Waals surface area contributed by atoms with E-state index in [0.717, 1.165) is 16.9 Å². The first kappa shape index (κ1) is 14.5. The van der Waals surface area contributed by atoms with Crippen LogP contribution in [-0.2, 0) is 0 Å². The zero-order chi connectivity index (χ0) is 13.8. The third-order valence-electron chi connectivity index (χ3n) is 2.72. The summed E-state index contributed by atoms with van der Waals surface area (Å²) in [5.41, 5.74) is 2.10. The molecule has 0 N–H and O–H groups in total. The first-order chi connectivity index (χ1) is 9.11. The van der Waals surface area contributed by atoms with Gasteiger partial charge >= 0.3 is 0 Å². The van der Waals surface area contributed by atoms with Crippen LogP contribution in [0.1, 0.15) is 22.9 Å². The maximum atomic E-state index is 13.2. The fraction of sp³-hybridized carbons (Fsp3) is 0.200. The highest BCUT2D eigenvalue weighted by molar-refractivity contribution is 9.10. The molecule has 0 spiro atoms. The summed E-state index contributed by atoms with van der Waals surface area (Å²) in [7, 11) is 0. The Morgan fingerprint density at radius 2 is 1.74 bits per heavy atom. The van der Waals surface area contributed by atoms with Gasteiger partial charge in [-0.2, -0.15) is 0 Å². The second-order valence-corrected chi connectivity index (χ2v) is 5.81. The van der Waals surface area contributed by atoms with E-state index in [2.05, 4.69) is 31.9 Å². The molecule has 1 atom stereocenters. The summed E-state index contributed by atoms with van der Waals surface area (Å²) in [6, 6.07) is 12.9. The standard InChI is InChI=1S/C15H13Br2FO/c1-2-19-12-6-3-10(4-7-12)15(17)11-5-8-14(18)13(16)9-11/h3-9,15H,2H2,1H3. The second kappa shape index (κ2) is 6.53. The Labute approximate surface area is 129 Å². The number of ether oxygens (including phenoxy) is 1. The van der Waals surface area contributed by atoms with Gasteiger partial charge in [-0.1, -0.05) is 34.1 Å². The van der Waals surface area contributed by atoms with Crippen LogP contribution in [0.5, 0.6) is 5.75 Å². The largest absolute Gasteiger partial charge is 0.494 e. The molecule has 0 heterocycles. The molecule has 2 aromatic rings. The molecule has 0 saturated carbocycles. The van der Waals surface area contributed by atoms with E-state index in [9.17, 15) is 4.39 Å². The molecule has 0 aliphatic heterocycles. The molecule has 0 saturated heterocycles. The lowest BCUT2D eigenvalue weighted by Gasteiger charge is -2.12. The summed E-state index contributed by atoms with van der Waals surface area (Å²) in [6.07, 6.45) is 0. The number of alkyl halides is 1. The van der Waals surface area contributed by atoms with Crippen molar-refractivity contribution < 1.29 is 9.13 Å². The summed E-state index contributed by atoms with van der Waals surface area (Å²) in [6.45, 7) is 2.61. The molecule has 0 fully saturated rings. The molecular formula is C15H13Br2FO. The van der Waals surface area contributed by atoms with Crippen molar-refractivity contribution in [3.05, 3.63) is 63.9 Å². The van der Waals surface area contributed by atoms with Crippen molar-refractivity contribution in [1.82, 2.24) is 0 Å². The monoisotopic (exact) mass is 386 g/mol. The quantitative estimate of drug-likeness (QED) is 0.632. The number of benzene rings is 2. The molecule has 2 aromatic carbocycles. The second-order valence-electron chi connectivity index (χ2n) is 4.04. The summed E-state index contributed by atoms with van der Waals surface area (Å²) < 4.78 is 19.1. The van der Waals surface area contributed by atoms with Crippen molar-refractivity contribution in [3.63, 3.8) is 0 Å². The van der Waals surface area contributed by atoms with E-state index in [1.165, 1.54) is 6.07 Å². The molecule has 0 amide bonds. The molecule has 4 heteroatoms. The van der Waals surface area contributed by atoms with Crippen molar-refractivity contribution in [2.45, 2.75) is 11.8 Å². The molecule has 0 aliphatic rings. The molecule has 0 bridgehead atoms. The predicted molar refractivity (Wildman–Crippen MR) is 82.5 cm³/mol. The van der Waals surface area contributed by atoms with Crippen molar-refractivity contribution in [1.29, 1.82) is 0 Å². The molecule has 19 heavy (non-hydrogen) atoms. The van der Waals surface area contributed by atoms with Crippen LogP contribution in [0.25, 0.3) is 0 Å². The normalized spacial score (nSPS) is 12.2. The van der Waals surface area contributed by atoms with Crippen LogP contribution in [0, 0.1) is 5.82 Å². The van der Waals surface area contributed by atoms with Gasteiger partial charge in [0.1, 0.15) is 11.6 Å². The SMILES string of the molecule is CCOc1ccc(C(Br)c2ccc(F)c(Br)c2)cc1. The van der Waals surface area contributed by atoms with E-state index >= 15 is 0 Å². The van der Waals surface area contributed by atoms with Crippen LogP contribution in [0.15, 0.2) is 46.9 Å². The molecule has 1 unspecified atom stereocenters. The maximum Gasteiger partial charge on any atom is 0.137 e. The number of halogens is 3. The van der Waals surface area contributed by atoms with Gasteiger partial charge in [0.25, 0.3) is 0 Å². The molecule has 0 aliphatic carbocycles. The van der Waals surface area contributed by atoms with Gasteiger partial charge in [0, 0.05) is 0 Å². The first-order valence-electron chi connectivity index (χ1n) is 5.93. The average molecular weight is 388 g/mol. The zero-order valence-corrected chi connectivity index (χ0v) is 13.5. The number of hydrogen-bond donors (Lipinski definition) is 0. The van der Waals surface area contributed by atoms with Crippen LogP contribution in [0.2, 0.25) is 0 Å². The Morgan fingerprint density at radius 3 is 2.32 bits per heavy atom. The minimum atomic E-state index is -0.254. The van der Waals surface area contributed by atoms with Crippen LogP contribution in [-0.4, -0.2) is 6.61 Å². The Morgan fingerprint density at radius 1 is 1.11 bits per heavy atom. The molecule has 1 nitrogen and oxygen atoms in total. The van der Waals surface area contributed by atoms with Gasteiger partial charge in [-0.15, -0.1) is 0 Å². The third-order valence-corrected chi connectivity index (χ3v) is 4.39. The fourth-order valence-electron chi connectivity index (χ4n) is 1.76. The van der Waals surface area contributed by atoms with Crippen LogP contribution in [0.3, 0.4) is 0 Å². The van der Waals surface area contributed by atoms with E-state index in [-0.39, 0.29) is 10.6 Å². The van der Waals surface area contributed by atoms with E-state index < -0.39 is 0 Å². The van der Waals surface area contributed by atoms with E-state index in [1.54, 1.807) is 12.1 Å². The van der Waals surface area contributed by atoms with Gasteiger partial charge in [0.2, 0.25) is 0 Å². The fourth-order valence-corrected chi connectivity index (χ4v) is 2.75. The third kappa shape index (κ3) is 3.57. The van der Waals surface area contributed by atoms with Gasteiger partial charge < -0.3 is 4.74 Å². The highest BCUT2D eigenvalue weighted by atomic mass is 79.9. The molecule has 2 rings (SSSR count). The summed E-state index contributed by atoms with van der Waals surface area (Å²) in [4.78, 5) is 0.0278. The highest BCUT2D eigenvalue weighted by Gasteiger charge is 2.12. The van der Waals surface area contributed by atoms with Gasteiger partial charge in [0.05, 0.1) is 15.9 Å². The van der Waals surface area contributed by atoms with Gasteiger partial charge in [-0.05, 0) is 58.2 Å². The minimum Gasteiger partial charge on any atom is -0.494 e. The van der Waals surface area contributed by atoms with Gasteiger partial charge in [0.15, 0.2) is 0 Å². The summed E-state index contributed by atoms with van der Waals surface area (Å²) in [5.74, 6) is 0.599. The lowest BCUT2D eigenvalue weighted by atomic mass is 10.0. The van der Waals surface area contributed by atoms with Gasteiger partial charge in [-0.25, -0.2) is 4.39 Å². The maximum absolute atomic E-state index is 13.2. The van der Waals surface area contributed by atoms with Crippen molar-refractivity contribution in [2.24, 2.45) is 0 Å². The number of hydrogen-bond acceptors (Lipinski definition) is 1. The van der Waals surface area contributed by atoms with Crippen molar-refractivity contribution in [2.75, 3.05) is 6.61 Å². The molecular weight excluding hydrogens is 375 g/mol. The topological polar surface area (TPSA) is 9.23 Å². The van der Waals surface area contributed by atoms with Crippen molar-refractivity contribution in [3.8, 4) is 5.75 Å². The minimum absolute atomic E-state index is 0.0278. The van der Waals surface area contributed by atoms with Crippen LogP contribution in [0.4, 0.5) is 4.39 Å². The highest BCUT2D eigenvalue weighted by Crippen LogP contribution is 2.33. The summed E-state index contributed by atoms with van der Waals surface area (Å²) >= 11 is 6.84. The van der Waals surface area contributed by atoms with Gasteiger partial charge in [-0.3, -0.25) is 0 Å². The lowest BCUT2D eigenvalue weighted by Crippen LogP contribution is -1.95. The summed E-state index contributed by atoms with van der Waals surface area (Å²) in [5, 5.41) is 0. The molecule has 100 valence electrons. The Balaban J connectivity index is 2.22. The van der Waals surface area contributed by atoms with Crippen molar-refractivity contribution >= 4 is 31.9 Å². The molecule has 0 radical (unpaired) electrons. The van der Waals surface area contributed by atoms with E-state index in [4.69, 9.17) is 4.74 Å². The predicted octanol–water partition coefficient (Wildman–Crippen LogP) is 5.47. The smallest absolute Gasteiger partial charge is 0.137 e. The Bertz CT molecular complexity index is 555. The first-order valence-corrected chi connectivity index (χ1v) is 7.64. The zero-order valence-electron chi connectivity index (χ0n) is 10.4. The van der Waals surface area contributed by atoms with E-state index in [0.29, 0.717) is 11.1 Å². The number of rotatable bonds is 4.